The van der Waals surface area contributed by atoms with E-state index in [1.807, 2.05) is 32.2 Å². The van der Waals surface area contributed by atoms with Crippen LogP contribution in [0.2, 0.25) is 0 Å². The molecule has 3 aromatic rings. The van der Waals surface area contributed by atoms with Crippen LogP contribution in [0.3, 0.4) is 0 Å². The zero-order valence-electron chi connectivity index (χ0n) is 15.7. The Balaban J connectivity index is 1.63. The zero-order chi connectivity index (χ0) is 19.9. The van der Waals surface area contributed by atoms with Crippen molar-refractivity contribution in [3.63, 3.8) is 0 Å². The number of pyridine rings is 1. The van der Waals surface area contributed by atoms with Crippen molar-refractivity contribution < 1.29 is 9.59 Å². The summed E-state index contributed by atoms with van der Waals surface area (Å²) in [7, 11) is 0. The molecule has 1 aromatic carbocycles. The van der Waals surface area contributed by atoms with Crippen molar-refractivity contribution in [3.8, 4) is 5.82 Å². The van der Waals surface area contributed by atoms with Gasteiger partial charge >= 0.3 is 6.03 Å². The molecule has 0 spiro atoms. The lowest BCUT2D eigenvalue weighted by Gasteiger charge is -2.13. The van der Waals surface area contributed by atoms with E-state index >= 15 is 0 Å². The van der Waals surface area contributed by atoms with Gasteiger partial charge in [-0.25, -0.2) is 14.8 Å². The highest BCUT2D eigenvalue weighted by Gasteiger charge is 2.13. The van der Waals surface area contributed by atoms with Gasteiger partial charge in [0.15, 0.2) is 0 Å². The Morgan fingerprint density at radius 3 is 2.64 bits per heavy atom. The van der Waals surface area contributed by atoms with Crippen LogP contribution in [0.1, 0.15) is 29.8 Å². The minimum Gasteiger partial charge on any atom is -0.348 e. The first-order chi connectivity index (χ1) is 13.5. The van der Waals surface area contributed by atoms with Gasteiger partial charge in [-0.2, -0.15) is 0 Å². The fourth-order valence-electron chi connectivity index (χ4n) is 2.56. The zero-order valence-corrected chi connectivity index (χ0v) is 15.7. The molecule has 0 unspecified atom stereocenters. The standard InChI is InChI=1S/C20H22N6O2/c1-14(2)24-20(28)25-17-6-4-3-5-16(17)19(27)23-12-15-7-8-18(22-11-15)26-10-9-21-13-26/h3-11,13-14H,12H2,1-2H3,(H,23,27)(H2,24,25,28). The van der Waals surface area contributed by atoms with Crippen LogP contribution in [0, 0.1) is 0 Å². The van der Waals surface area contributed by atoms with Crippen molar-refractivity contribution in [2.75, 3.05) is 5.32 Å². The van der Waals surface area contributed by atoms with Crippen LogP contribution in [0.4, 0.5) is 10.5 Å². The molecule has 0 fully saturated rings. The second kappa shape index (κ2) is 8.81. The van der Waals surface area contributed by atoms with E-state index in [4.69, 9.17) is 0 Å². The average molecular weight is 378 g/mol. The summed E-state index contributed by atoms with van der Waals surface area (Å²) in [6.07, 6.45) is 6.87. The monoisotopic (exact) mass is 378 g/mol. The Morgan fingerprint density at radius 1 is 1.14 bits per heavy atom. The molecule has 2 aromatic heterocycles. The Morgan fingerprint density at radius 2 is 1.96 bits per heavy atom. The first-order valence-corrected chi connectivity index (χ1v) is 8.91. The van der Waals surface area contributed by atoms with Crippen LogP contribution in [0.25, 0.3) is 5.82 Å². The number of para-hydroxylation sites is 1. The molecule has 3 amide bonds. The number of carbonyl (C=O) groups is 2. The fraction of sp³-hybridized carbons (Fsp3) is 0.200. The molecule has 2 heterocycles. The highest BCUT2D eigenvalue weighted by atomic mass is 16.2. The van der Waals surface area contributed by atoms with Gasteiger partial charge in [-0.1, -0.05) is 18.2 Å². The molecule has 0 bridgehead atoms. The van der Waals surface area contributed by atoms with Crippen molar-refractivity contribution in [1.82, 2.24) is 25.2 Å². The van der Waals surface area contributed by atoms with Crippen LogP contribution >= 0.6 is 0 Å². The normalized spacial score (nSPS) is 10.5. The molecule has 0 aliphatic rings. The third-order valence-electron chi connectivity index (χ3n) is 3.87. The van der Waals surface area contributed by atoms with Gasteiger partial charge in [0.2, 0.25) is 0 Å². The van der Waals surface area contributed by atoms with Gasteiger partial charge in [0.25, 0.3) is 5.91 Å². The Labute approximate surface area is 163 Å². The maximum Gasteiger partial charge on any atom is 0.319 e. The molecule has 0 aliphatic heterocycles. The first kappa shape index (κ1) is 19.1. The summed E-state index contributed by atoms with van der Waals surface area (Å²) in [4.78, 5) is 32.9. The average Bonchev–Trinajstić information content (AvgIpc) is 3.21. The van der Waals surface area contributed by atoms with E-state index in [0.29, 0.717) is 17.8 Å². The predicted octanol–water partition coefficient (Wildman–Crippen LogP) is 2.73. The van der Waals surface area contributed by atoms with Crippen molar-refractivity contribution in [2.45, 2.75) is 26.4 Å². The summed E-state index contributed by atoms with van der Waals surface area (Å²) in [5.74, 6) is 0.470. The number of amides is 3. The molecule has 28 heavy (non-hydrogen) atoms. The fourth-order valence-corrected chi connectivity index (χ4v) is 2.56. The summed E-state index contributed by atoms with van der Waals surface area (Å²) in [6, 6.07) is 10.3. The highest BCUT2D eigenvalue weighted by Crippen LogP contribution is 2.15. The summed E-state index contributed by atoms with van der Waals surface area (Å²) in [5, 5.41) is 8.30. The number of urea groups is 1. The van der Waals surface area contributed by atoms with Crippen molar-refractivity contribution in [1.29, 1.82) is 0 Å². The minimum atomic E-state index is -0.352. The number of rotatable bonds is 6. The Kier molecular flexibility index (Phi) is 6.01. The molecule has 0 aliphatic carbocycles. The molecule has 144 valence electrons. The second-order valence-electron chi connectivity index (χ2n) is 6.48. The molecular formula is C20H22N6O2. The van der Waals surface area contributed by atoms with Gasteiger partial charge in [0, 0.05) is 31.2 Å². The third-order valence-corrected chi connectivity index (χ3v) is 3.87. The minimum absolute atomic E-state index is 0.00113. The first-order valence-electron chi connectivity index (χ1n) is 8.91. The lowest BCUT2D eigenvalue weighted by atomic mass is 10.1. The van der Waals surface area contributed by atoms with Crippen LogP contribution in [0.5, 0.6) is 0 Å². The smallest absolute Gasteiger partial charge is 0.319 e. The van der Waals surface area contributed by atoms with E-state index in [2.05, 4.69) is 25.9 Å². The number of carbonyl (C=O) groups excluding carboxylic acids is 2. The Hall–Kier alpha value is -3.68. The summed E-state index contributed by atoms with van der Waals surface area (Å²) in [6.45, 7) is 4.05. The van der Waals surface area contributed by atoms with Crippen molar-refractivity contribution in [3.05, 3.63) is 72.4 Å². The number of nitrogens with zero attached hydrogens (tertiary/aromatic N) is 3. The number of anilines is 1. The van der Waals surface area contributed by atoms with Crippen molar-refractivity contribution >= 4 is 17.6 Å². The predicted molar refractivity (Wildman–Crippen MR) is 106 cm³/mol. The third kappa shape index (κ3) is 4.94. The van der Waals surface area contributed by atoms with Crippen LogP contribution < -0.4 is 16.0 Å². The molecule has 0 radical (unpaired) electrons. The lowest BCUT2D eigenvalue weighted by molar-refractivity contribution is 0.0951. The molecule has 3 rings (SSSR count). The van der Waals surface area contributed by atoms with Gasteiger partial charge in [-0.3, -0.25) is 9.36 Å². The Bertz CT molecular complexity index is 936. The van der Waals surface area contributed by atoms with Gasteiger partial charge in [0.1, 0.15) is 12.1 Å². The largest absolute Gasteiger partial charge is 0.348 e. The van der Waals surface area contributed by atoms with Gasteiger partial charge in [0.05, 0.1) is 11.3 Å². The maximum absolute atomic E-state index is 12.6. The van der Waals surface area contributed by atoms with E-state index < -0.39 is 0 Å². The van der Waals surface area contributed by atoms with Crippen molar-refractivity contribution in [2.24, 2.45) is 0 Å². The van der Waals surface area contributed by atoms with Gasteiger partial charge in [-0.15, -0.1) is 0 Å². The molecular weight excluding hydrogens is 356 g/mol. The quantitative estimate of drug-likeness (QED) is 0.614. The SMILES string of the molecule is CC(C)NC(=O)Nc1ccccc1C(=O)NCc1ccc(-n2ccnc2)nc1. The lowest BCUT2D eigenvalue weighted by Crippen LogP contribution is -2.35. The summed E-state index contributed by atoms with van der Waals surface area (Å²) in [5.41, 5.74) is 1.70. The van der Waals surface area contributed by atoms with E-state index in [0.717, 1.165) is 11.4 Å². The molecule has 8 heteroatoms. The number of hydrogen-bond donors (Lipinski definition) is 3. The van der Waals surface area contributed by atoms with Crippen LogP contribution in [-0.2, 0) is 6.54 Å². The number of imidazole rings is 1. The number of benzene rings is 1. The van der Waals surface area contributed by atoms with Gasteiger partial charge < -0.3 is 16.0 Å². The van der Waals surface area contributed by atoms with Crippen LogP contribution in [-0.4, -0.2) is 32.5 Å². The second-order valence-corrected chi connectivity index (χ2v) is 6.48. The van der Waals surface area contributed by atoms with E-state index in [-0.39, 0.29) is 18.0 Å². The number of hydrogen-bond acceptors (Lipinski definition) is 4. The van der Waals surface area contributed by atoms with Crippen LogP contribution in [0.15, 0.2) is 61.3 Å². The highest BCUT2D eigenvalue weighted by molar-refractivity contribution is 6.03. The molecule has 8 nitrogen and oxygen atoms in total. The number of nitrogens with one attached hydrogen (secondary N) is 3. The molecule has 0 atom stereocenters. The van der Waals surface area contributed by atoms with E-state index in [9.17, 15) is 9.59 Å². The van der Waals surface area contributed by atoms with E-state index in [1.165, 1.54) is 0 Å². The summed E-state index contributed by atoms with van der Waals surface area (Å²) >= 11 is 0. The molecule has 0 saturated heterocycles. The topological polar surface area (TPSA) is 101 Å². The molecule has 3 N–H and O–H groups in total. The number of aromatic nitrogens is 3. The summed E-state index contributed by atoms with van der Waals surface area (Å²) < 4.78 is 1.80. The van der Waals surface area contributed by atoms with Gasteiger partial charge in [-0.05, 0) is 37.6 Å². The maximum atomic E-state index is 12.6. The molecule has 0 saturated carbocycles. The van der Waals surface area contributed by atoms with E-state index in [1.54, 1.807) is 47.6 Å².